The van der Waals surface area contributed by atoms with Gasteiger partial charge in [0, 0.05) is 11.3 Å². The molecule has 0 aromatic carbocycles. The van der Waals surface area contributed by atoms with Gasteiger partial charge < -0.3 is 14.9 Å². The second kappa shape index (κ2) is 12.3. The number of aryl methyl sites for hydroxylation is 1. The van der Waals surface area contributed by atoms with Crippen molar-refractivity contribution in [2.24, 2.45) is 17.3 Å². The summed E-state index contributed by atoms with van der Waals surface area (Å²) in [7, 11) is 0. The number of nitrogens with zero attached hydrogens (tertiary/aromatic N) is 1. The lowest BCUT2D eigenvalue weighted by Crippen LogP contribution is -2.48. The Balaban J connectivity index is 2.33. The zero-order chi connectivity index (χ0) is 25.6. The van der Waals surface area contributed by atoms with E-state index in [1.54, 1.807) is 32.1 Å². The average Bonchev–Trinajstić information content (AvgIpc) is 3.20. The van der Waals surface area contributed by atoms with Crippen molar-refractivity contribution in [3.63, 3.8) is 0 Å². The Labute approximate surface area is 208 Å². The number of allylic oxidation sites excluding steroid dienone is 1. The van der Waals surface area contributed by atoms with E-state index in [4.69, 9.17) is 4.74 Å². The average molecular weight is 492 g/mol. The van der Waals surface area contributed by atoms with E-state index in [0.29, 0.717) is 6.42 Å². The van der Waals surface area contributed by atoms with Crippen molar-refractivity contribution in [1.82, 2.24) is 4.98 Å². The number of rotatable bonds is 2. The van der Waals surface area contributed by atoms with Crippen LogP contribution in [0.15, 0.2) is 22.6 Å². The summed E-state index contributed by atoms with van der Waals surface area (Å²) < 4.78 is 6.00. The number of hydrogen-bond donors (Lipinski definition) is 2. The molecule has 6 nitrogen and oxygen atoms in total. The van der Waals surface area contributed by atoms with Gasteiger partial charge in [-0.2, -0.15) is 0 Å². The maximum atomic E-state index is 13.2. The number of hydrogen-bond acceptors (Lipinski definition) is 7. The first-order chi connectivity index (χ1) is 15.8. The van der Waals surface area contributed by atoms with Crippen LogP contribution in [-0.4, -0.2) is 51.7 Å². The van der Waals surface area contributed by atoms with Crippen LogP contribution in [0.25, 0.3) is 6.08 Å². The van der Waals surface area contributed by atoms with Crippen molar-refractivity contribution in [2.75, 3.05) is 6.61 Å². The van der Waals surface area contributed by atoms with Crippen molar-refractivity contribution in [1.29, 1.82) is 0 Å². The van der Waals surface area contributed by atoms with Gasteiger partial charge in [-0.3, -0.25) is 9.59 Å². The van der Waals surface area contributed by atoms with Gasteiger partial charge in [0.25, 0.3) is 0 Å². The van der Waals surface area contributed by atoms with Crippen molar-refractivity contribution in [3.05, 3.63) is 33.3 Å². The molecule has 0 radical (unpaired) electrons. The summed E-state index contributed by atoms with van der Waals surface area (Å²) in [6, 6.07) is 0. The molecule has 5 atom stereocenters. The minimum atomic E-state index is -1.51. The van der Waals surface area contributed by atoms with E-state index >= 15 is 0 Å². The molecule has 34 heavy (non-hydrogen) atoms. The van der Waals surface area contributed by atoms with Gasteiger partial charge in [-0.25, -0.2) is 4.98 Å². The fraction of sp³-hybridized carbons (Fsp3) is 0.667. The van der Waals surface area contributed by atoms with Crippen LogP contribution in [0.2, 0.25) is 0 Å². The number of carbonyl (C=O) groups is 2. The molecule has 0 saturated heterocycles. The standard InChI is InChI=1S/C27H41NO5S/c1-16-9-8-10-17(2)24(30)19(4)25(31)27(6,7)26(32)22(29)14-33-23(12-11-16)18(3)13-21-15-34-20(5)28-21/h11,13,15,17,19,23-24,26,30,32H,8-10,12,14H2,1-7H3/b16-11+,18-13+. The van der Waals surface area contributed by atoms with Crippen molar-refractivity contribution >= 4 is 29.0 Å². The van der Waals surface area contributed by atoms with Gasteiger partial charge in [-0.05, 0) is 77.9 Å². The fourth-order valence-electron chi connectivity index (χ4n) is 4.48. The molecule has 1 aromatic rings. The molecule has 0 amide bonds. The van der Waals surface area contributed by atoms with Crippen LogP contribution < -0.4 is 0 Å². The lowest BCUT2D eigenvalue weighted by Gasteiger charge is -2.34. The molecule has 0 saturated carbocycles. The molecule has 2 rings (SSSR count). The molecule has 190 valence electrons. The Morgan fingerprint density at radius 3 is 2.53 bits per heavy atom. The smallest absolute Gasteiger partial charge is 0.187 e. The molecule has 2 heterocycles. The Bertz CT molecular complexity index is 916. The van der Waals surface area contributed by atoms with Crippen LogP contribution in [0.4, 0.5) is 0 Å². The van der Waals surface area contributed by atoms with Gasteiger partial charge in [0.05, 0.1) is 28.3 Å². The Hall–Kier alpha value is -1.67. The minimum absolute atomic E-state index is 0.0638. The van der Waals surface area contributed by atoms with E-state index in [2.05, 4.69) is 18.0 Å². The number of aliphatic hydroxyl groups excluding tert-OH is 2. The first-order valence-corrected chi connectivity index (χ1v) is 13.0. The van der Waals surface area contributed by atoms with Crippen LogP contribution in [0, 0.1) is 24.2 Å². The largest absolute Gasteiger partial charge is 0.392 e. The van der Waals surface area contributed by atoms with Crippen molar-refractivity contribution in [2.45, 2.75) is 92.5 Å². The number of ether oxygens (including phenoxy) is 1. The van der Waals surface area contributed by atoms with E-state index in [-0.39, 0.29) is 24.4 Å². The maximum absolute atomic E-state index is 13.2. The highest BCUT2D eigenvalue weighted by Crippen LogP contribution is 2.31. The Kier molecular flexibility index (Phi) is 10.4. The molecule has 0 bridgehead atoms. The van der Waals surface area contributed by atoms with Crippen molar-refractivity contribution in [3.8, 4) is 0 Å². The van der Waals surface area contributed by atoms with Crippen LogP contribution in [0.3, 0.4) is 0 Å². The SMILES string of the molecule is C/C1=C\CC(/C(C)=C/c2csc(C)n2)OCC(=O)C(O)C(C)(C)C(=O)C(C)C(O)C(C)CCC1. The Morgan fingerprint density at radius 2 is 1.91 bits per heavy atom. The quantitative estimate of drug-likeness (QED) is 0.570. The predicted octanol–water partition coefficient (Wildman–Crippen LogP) is 4.92. The molecule has 1 aromatic heterocycles. The molecular weight excluding hydrogens is 450 g/mol. The third-order valence-corrected chi connectivity index (χ3v) is 7.78. The van der Waals surface area contributed by atoms with Crippen LogP contribution in [0.1, 0.15) is 77.9 Å². The van der Waals surface area contributed by atoms with E-state index in [1.807, 2.05) is 32.2 Å². The third-order valence-electron chi connectivity index (χ3n) is 6.99. The van der Waals surface area contributed by atoms with Gasteiger partial charge in [-0.1, -0.05) is 25.5 Å². The van der Waals surface area contributed by atoms with Gasteiger partial charge in [0.1, 0.15) is 18.5 Å². The van der Waals surface area contributed by atoms with Gasteiger partial charge >= 0.3 is 0 Å². The lowest BCUT2D eigenvalue weighted by atomic mass is 9.72. The van der Waals surface area contributed by atoms with E-state index in [0.717, 1.165) is 35.5 Å². The fourth-order valence-corrected chi connectivity index (χ4v) is 5.05. The highest BCUT2D eigenvalue weighted by molar-refractivity contribution is 7.09. The summed E-state index contributed by atoms with van der Waals surface area (Å²) in [6.07, 6.45) is 4.60. The molecule has 2 N–H and O–H groups in total. The zero-order valence-corrected chi connectivity index (χ0v) is 22.4. The molecular formula is C27H41NO5S. The molecule has 7 heteroatoms. The van der Waals surface area contributed by atoms with E-state index < -0.39 is 29.3 Å². The second-order valence-electron chi connectivity index (χ2n) is 10.4. The number of aliphatic hydroxyl groups is 2. The molecule has 1 aliphatic rings. The third kappa shape index (κ3) is 7.41. The molecule has 1 aliphatic heterocycles. The highest BCUT2D eigenvalue weighted by Gasteiger charge is 2.44. The highest BCUT2D eigenvalue weighted by atomic mass is 32.1. The summed E-state index contributed by atoms with van der Waals surface area (Å²) >= 11 is 1.58. The second-order valence-corrected chi connectivity index (χ2v) is 11.4. The maximum Gasteiger partial charge on any atom is 0.187 e. The normalized spacial score (nSPS) is 32.3. The first-order valence-electron chi connectivity index (χ1n) is 12.1. The lowest BCUT2D eigenvalue weighted by molar-refractivity contribution is -0.151. The number of aromatic nitrogens is 1. The molecule has 0 fully saturated rings. The monoisotopic (exact) mass is 491 g/mol. The zero-order valence-electron chi connectivity index (χ0n) is 21.6. The van der Waals surface area contributed by atoms with Gasteiger partial charge in [0.2, 0.25) is 0 Å². The van der Waals surface area contributed by atoms with Crippen LogP contribution >= 0.6 is 11.3 Å². The molecule has 0 aliphatic carbocycles. The minimum Gasteiger partial charge on any atom is -0.392 e. The number of thiazole rings is 1. The first kappa shape index (κ1) is 28.6. The topological polar surface area (TPSA) is 96.7 Å². The summed E-state index contributed by atoms with van der Waals surface area (Å²) in [5.74, 6) is -1.60. The molecule has 0 spiro atoms. The Morgan fingerprint density at radius 1 is 1.24 bits per heavy atom. The van der Waals surface area contributed by atoms with Crippen LogP contribution in [0.5, 0.6) is 0 Å². The summed E-state index contributed by atoms with van der Waals surface area (Å²) in [5.41, 5.74) is 1.69. The van der Waals surface area contributed by atoms with Gasteiger partial charge in [-0.15, -0.1) is 11.3 Å². The van der Waals surface area contributed by atoms with Crippen molar-refractivity contribution < 1.29 is 24.5 Å². The predicted molar refractivity (Wildman–Crippen MR) is 137 cm³/mol. The number of carbonyl (C=O) groups excluding carboxylic acids is 2. The van der Waals surface area contributed by atoms with Gasteiger partial charge in [0.15, 0.2) is 5.78 Å². The van der Waals surface area contributed by atoms with E-state index in [9.17, 15) is 19.8 Å². The van der Waals surface area contributed by atoms with Crippen LogP contribution in [-0.2, 0) is 14.3 Å². The number of ketones is 2. The molecule has 5 unspecified atom stereocenters. The summed E-state index contributed by atoms with van der Waals surface area (Å²) in [5, 5.41) is 24.5. The van der Waals surface area contributed by atoms with E-state index in [1.165, 1.54) is 5.57 Å². The number of Topliss-reactive ketones (excluding diaryl/α,β-unsaturated/α-hetero) is 2. The summed E-state index contributed by atoms with van der Waals surface area (Å²) in [6.45, 7) is 12.4. The summed E-state index contributed by atoms with van der Waals surface area (Å²) in [4.78, 5) is 30.5.